The van der Waals surface area contributed by atoms with Crippen molar-refractivity contribution in [1.82, 2.24) is 5.32 Å². The van der Waals surface area contributed by atoms with Crippen LogP contribution in [0.3, 0.4) is 0 Å². The van der Waals surface area contributed by atoms with Crippen molar-refractivity contribution in [3.63, 3.8) is 0 Å². The van der Waals surface area contributed by atoms with Gasteiger partial charge in [0, 0.05) is 13.2 Å². The summed E-state index contributed by atoms with van der Waals surface area (Å²) in [6, 6.07) is 0. The molecule has 0 aromatic rings. The lowest BCUT2D eigenvalue weighted by Crippen LogP contribution is -2.48. The van der Waals surface area contributed by atoms with Crippen LogP contribution in [0.15, 0.2) is 0 Å². The molecule has 0 bridgehead atoms. The number of carbonyl (C=O) groups is 1. The Kier molecular flexibility index (Phi) is 8.15. The van der Waals surface area contributed by atoms with Crippen molar-refractivity contribution >= 4 is 5.97 Å². The third kappa shape index (κ3) is 6.05. The second kappa shape index (κ2) is 8.50. The molecule has 0 rings (SSSR count). The van der Waals surface area contributed by atoms with Crippen LogP contribution < -0.4 is 5.32 Å². The summed E-state index contributed by atoms with van der Waals surface area (Å²) in [6.07, 6.45) is 1.43. The summed E-state index contributed by atoms with van der Waals surface area (Å²) in [7, 11) is 1.64. The van der Waals surface area contributed by atoms with Gasteiger partial charge in [-0.15, -0.1) is 0 Å². The third-order valence-corrected chi connectivity index (χ3v) is 2.49. The van der Waals surface area contributed by atoms with Crippen LogP contribution in [0.5, 0.6) is 0 Å². The van der Waals surface area contributed by atoms with Crippen molar-refractivity contribution in [3.05, 3.63) is 0 Å². The van der Waals surface area contributed by atoms with Crippen LogP contribution in [-0.2, 0) is 14.3 Å². The van der Waals surface area contributed by atoms with Gasteiger partial charge in [-0.3, -0.25) is 4.79 Å². The summed E-state index contributed by atoms with van der Waals surface area (Å²) in [5.74, 6) is -0.860. The van der Waals surface area contributed by atoms with Crippen molar-refractivity contribution < 1.29 is 19.4 Å². The Morgan fingerprint density at radius 3 is 2.25 bits per heavy atom. The van der Waals surface area contributed by atoms with Crippen molar-refractivity contribution in [2.45, 2.75) is 32.2 Å². The lowest BCUT2D eigenvalue weighted by Gasteiger charge is -2.23. The minimum Gasteiger partial charge on any atom is -0.480 e. The van der Waals surface area contributed by atoms with Gasteiger partial charge >= 0.3 is 5.97 Å². The average Bonchev–Trinajstić information content (AvgIpc) is 2.27. The smallest absolute Gasteiger partial charge is 0.323 e. The highest BCUT2D eigenvalue weighted by atomic mass is 16.5. The highest BCUT2D eigenvalue weighted by Gasteiger charge is 2.30. The van der Waals surface area contributed by atoms with Gasteiger partial charge in [0.2, 0.25) is 0 Å². The van der Waals surface area contributed by atoms with Crippen LogP contribution in [0.4, 0.5) is 0 Å². The van der Waals surface area contributed by atoms with E-state index in [1.165, 1.54) is 0 Å². The fourth-order valence-electron chi connectivity index (χ4n) is 1.08. The Balaban J connectivity index is 3.53. The van der Waals surface area contributed by atoms with E-state index in [4.69, 9.17) is 14.6 Å². The van der Waals surface area contributed by atoms with E-state index in [9.17, 15) is 4.79 Å². The van der Waals surface area contributed by atoms with E-state index < -0.39 is 11.5 Å². The number of aliphatic carboxylic acids is 1. The molecule has 5 nitrogen and oxygen atoms in total. The van der Waals surface area contributed by atoms with E-state index in [0.717, 1.165) is 13.0 Å². The number of ether oxygens (including phenoxy) is 2. The number of carboxylic acid groups (broad SMARTS) is 1. The van der Waals surface area contributed by atoms with E-state index in [2.05, 4.69) is 5.32 Å². The minimum absolute atomic E-state index is 0.416. The Bertz CT molecular complexity index is 198. The molecule has 0 fully saturated rings. The second-order valence-electron chi connectivity index (χ2n) is 3.86. The number of carboxylic acids is 1. The molecule has 0 aliphatic carbocycles. The molecule has 5 heteroatoms. The molecule has 0 aromatic heterocycles. The zero-order valence-corrected chi connectivity index (χ0v) is 10.4. The standard InChI is InChI=1S/C11H23NO4/c1-4-6-15-8-9-16-7-5-11(2,12-3)10(13)14/h12H,4-9H2,1-3H3,(H,13,14). The number of likely N-dealkylation sites (N-methyl/N-ethyl adjacent to an activating group) is 1. The molecule has 1 unspecified atom stereocenters. The van der Waals surface area contributed by atoms with E-state index in [1.54, 1.807) is 14.0 Å². The molecular formula is C11H23NO4. The lowest BCUT2D eigenvalue weighted by molar-refractivity contribution is -0.144. The number of hydrogen-bond donors (Lipinski definition) is 2. The predicted molar refractivity (Wildman–Crippen MR) is 61.6 cm³/mol. The largest absolute Gasteiger partial charge is 0.480 e. The Morgan fingerprint density at radius 2 is 1.81 bits per heavy atom. The average molecular weight is 233 g/mol. The monoisotopic (exact) mass is 233 g/mol. The van der Waals surface area contributed by atoms with Gasteiger partial charge in [0.05, 0.1) is 13.2 Å². The van der Waals surface area contributed by atoms with Crippen LogP contribution in [0, 0.1) is 0 Å². The molecule has 0 aliphatic heterocycles. The molecule has 0 heterocycles. The summed E-state index contributed by atoms with van der Waals surface area (Å²) >= 11 is 0. The maximum atomic E-state index is 10.9. The Morgan fingerprint density at radius 1 is 1.25 bits per heavy atom. The lowest BCUT2D eigenvalue weighted by atomic mass is 9.99. The fraction of sp³-hybridized carbons (Fsp3) is 0.909. The molecule has 0 amide bonds. The number of rotatable bonds is 10. The second-order valence-corrected chi connectivity index (χ2v) is 3.86. The van der Waals surface area contributed by atoms with Gasteiger partial charge in [0.15, 0.2) is 0 Å². The number of hydrogen-bond acceptors (Lipinski definition) is 4. The number of nitrogens with one attached hydrogen (secondary N) is 1. The maximum Gasteiger partial charge on any atom is 0.323 e. The first-order valence-electron chi connectivity index (χ1n) is 5.64. The Hall–Kier alpha value is -0.650. The van der Waals surface area contributed by atoms with Crippen LogP contribution in [0.2, 0.25) is 0 Å². The van der Waals surface area contributed by atoms with Crippen molar-refractivity contribution in [2.24, 2.45) is 0 Å². The van der Waals surface area contributed by atoms with Gasteiger partial charge < -0.3 is 19.9 Å². The van der Waals surface area contributed by atoms with Gasteiger partial charge in [-0.2, -0.15) is 0 Å². The zero-order valence-electron chi connectivity index (χ0n) is 10.4. The summed E-state index contributed by atoms with van der Waals surface area (Å²) in [5, 5.41) is 11.7. The normalized spacial score (nSPS) is 14.7. The maximum absolute atomic E-state index is 10.9. The highest BCUT2D eigenvalue weighted by Crippen LogP contribution is 2.08. The molecule has 1 atom stereocenters. The van der Waals surface area contributed by atoms with E-state index in [-0.39, 0.29) is 0 Å². The van der Waals surface area contributed by atoms with Crippen molar-refractivity contribution in [3.8, 4) is 0 Å². The molecule has 16 heavy (non-hydrogen) atoms. The van der Waals surface area contributed by atoms with Crippen LogP contribution in [0.25, 0.3) is 0 Å². The van der Waals surface area contributed by atoms with E-state index in [1.807, 2.05) is 6.92 Å². The van der Waals surface area contributed by atoms with Gasteiger partial charge in [-0.1, -0.05) is 6.92 Å². The molecule has 96 valence electrons. The summed E-state index contributed by atoms with van der Waals surface area (Å²) in [5.41, 5.74) is -0.912. The molecule has 0 saturated heterocycles. The topological polar surface area (TPSA) is 67.8 Å². The van der Waals surface area contributed by atoms with E-state index >= 15 is 0 Å². The SMILES string of the molecule is CCCOCCOCCC(C)(NC)C(=O)O. The predicted octanol–water partition coefficient (Wildman–Crippen LogP) is 0.882. The fourth-order valence-corrected chi connectivity index (χ4v) is 1.08. The molecule has 2 N–H and O–H groups in total. The van der Waals surface area contributed by atoms with Gasteiger partial charge in [-0.05, 0) is 26.8 Å². The third-order valence-electron chi connectivity index (χ3n) is 2.49. The molecular weight excluding hydrogens is 210 g/mol. The van der Waals surface area contributed by atoms with Crippen LogP contribution in [0.1, 0.15) is 26.7 Å². The first kappa shape index (κ1) is 15.3. The molecule has 0 spiro atoms. The molecule has 0 aliphatic rings. The van der Waals surface area contributed by atoms with Crippen molar-refractivity contribution in [2.75, 3.05) is 33.5 Å². The van der Waals surface area contributed by atoms with Gasteiger partial charge in [-0.25, -0.2) is 0 Å². The zero-order chi connectivity index (χ0) is 12.4. The van der Waals surface area contributed by atoms with Gasteiger partial charge in [0.1, 0.15) is 5.54 Å². The van der Waals surface area contributed by atoms with E-state index in [0.29, 0.717) is 26.2 Å². The van der Waals surface area contributed by atoms with Gasteiger partial charge in [0.25, 0.3) is 0 Å². The minimum atomic E-state index is -0.912. The molecule has 0 aromatic carbocycles. The van der Waals surface area contributed by atoms with Crippen molar-refractivity contribution in [1.29, 1.82) is 0 Å². The summed E-state index contributed by atoms with van der Waals surface area (Å²) in [4.78, 5) is 10.9. The quantitative estimate of drug-likeness (QED) is 0.548. The molecule has 0 saturated carbocycles. The van der Waals surface area contributed by atoms with Crippen LogP contribution in [-0.4, -0.2) is 50.1 Å². The highest BCUT2D eigenvalue weighted by molar-refractivity contribution is 5.78. The molecule has 0 radical (unpaired) electrons. The summed E-state index contributed by atoms with van der Waals surface area (Å²) in [6.45, 7) is 5.93. The first-order valence-corrected chi connectivity index (χ1v) is 5.64. The summed E-state index contributed by atoms with van der Waals surface area (Å²) < 4.78 is 10.5. The first-order chi connectivity index (χ1) is 7.56. The Labute approximate surface area is 97.1 Å². The van der Waals surface area contributed by atoms with Crippen LogP contribution >= 0.6 is 0 Å².